The molecule has 3 N–H and O–H groups in total. The van der Waals surface area contributed by atoms with E-state index < -0.39 is 29.8 Å². The van der Waals surface area contributed by atoms with Crippen LogP contribution < -0.4 is 11.1 Å². The maximum absolute atomic E-state index is 14.9. The smallest absolute Gasteiger partial charge is 0.380 e. The molecule has 1 aromatic heterocycles. The Morgan fingerprint density at radius 3 is 2.51 bits per heavy atom. The first-order chi connectivity index (χ1) is 18.6. The molecule has 0 aliphatic heterocycles. The lowest BCUT2D eigenvalue weighted by Gasteiger charge is -2.20. The molecule has 0 amide bonds. The first-order valence-electron chi connectivity index (χ1n) is 11.8. The van der Waals surface area contributed by atoms with E-state index in [0.29, 0.717) is 17.3 Å². The fourth-order valence-corrected chi connectivity index (χ4v) is 3.82. The third-order valence-corrected chi connectivity index (χ3v) is 5.79. The van der Waals surface area contributed by atoms with Gasteiger partial charge < -0.3 is 15.9 Å². The fourth-order valence-electron chi connectivity index (χ4n) is 3.82. The Morgan fingerprint density at radius 2 is 1.85 bits per heavy atom. The van der Waals surface area contributed by atoms with E-state index in [1.807, 2.05) is 61.5 Å². The summed E-state index contributed by atoms with van der Waals surface area (Å²) in [5.74, 6) is -3.12. The van der Waals surface area contributed by atoms with Crippen LogP contribution in [0.2, 0.25) is 0 Å². The Kier molecular flexibility index (Phi) is 7.93. The molecule has 12 heteroatoms. The molecule has 1 atom stereocenters. The predicted molar refractivity (Wildman–Crippen MR) is 137 cm³/mol. The van der Waals surface area contributed by atoms with Gasteiger partial charge in [0.2, 0.25) is 0 Å². The van der Waals surface area contributed by atoms with Crippen molar-refractivity contribution in [1.29, 1.82) is 0 Å². The minimum Gasteiger partial charge on any atom is -0.380 e. The molecule has 0 bridgehead atoms. The van der Waals surface area contributed by atoms with Crippen molar-refractivity contribution in [3.8, 4) is 11.4 Å². The van der Waals surface area contributed by atoms with Crippen molar-refractivity contribution in [2.24, 2.45) is 17.9 Å². The zero-order chi connectivity index (χ0) is 28.2. The van der Waals surface area contributed by atoms with Gasteiger partial charge in [0.05, 0.1) is 5.56 Å². The summed E-state index contributed by atoms with van der Waals surface area (Å²) >= 11 is 0. The van der Waals surface area contributed by atoms with Crippen molar-refractivity contribution in [3.63, 3.8) is 0 Å². The summed E-state index contributed by atoms with van der Waals surface area (Å²) in [4.78, 5) is 19.4. The third kappa shape index (κ3) is 6.40. The second-order valence-electron chi connectivity index (χ2n) is 8.51. The Balaban J connectivity index is 1.67. The van der Waals surface area contributed by atoms with Crippen LogP contribution >= 0.6 is 0 Å². The van der Waals surface area contributed by atoms with Crippen LogP contribution in [0, 0.1) is 5.82 Å². The molecule has 0 aliphatic rings. The van der Waals surface area contributed by atoms with Crippen molar-refractivity contribution >= 4 is 17.5 Å². The zero-order valence-electron chi connectivity index (χ0n) is 20.9. The zero-order valence-corrected chi connectivity index (χ0v) is 20.9. The van der Waals surface area contributed by atoms with E-state index in [0.717, 1.165) is 29.2 Å². The van der Waals surface area contributed by atoms with Gasteiger partial charge in [0, 0.05) is 18.3 Å². The fraction of sp³-hybridized carbons (Fsp3) is 0.185. The quantitative estimate of drug-likeness (QED) is 0.106. The summed E-state index contributed by atoms with van der Waals surface area (Å²) in [6.07, 6.45) is -4.46. The average molecular weight is 541 g/mol. The van der Waals surface area contributed by atoms with Crippen LogP contribution in [0.15, 0.2) is 78.0 Å². The van der Waals surface area contributed by atoms with Gasteiger partial charge >= 0.3 is 12.1 Å². The number of rotatable bonds is 8. The van der Waals surface area contributed by atoms with E-state index >= 15 is 0 Å². The van der Waals surface area contributed by atoms with Crippen LogP contribution in [0.4, 0.5) is 23.2 Å². The molecule has 4 rings (SSSR count). The number of benzene rings is 3. The molecule has 1 unspecified atom stereocenters. The van der Waals surface area contributed by atoms with E-state index in [9.17, 15) is 22.4 Å². The van der Waals surface area contributed by atoms with Crippen molar-refractivity contribution in [1.82, 2.24) is 14.8 Å². The molecule has 3 aromatic carbocycles. The van der Waals surface area contributed by atoms with Crippen molar-refractivity contribution in [3.05, 3.63) is 101 Å². The molecule has 202 valence electrons. The molecule has 1 heterocycles. The monoisotopic (exact) mass is 540 g/mol. The van der Waals surface area contributed by atoms with E-state index in [1.165, 1.54) is 12.1 Å². The lowest BCUT2D eigenvalue weighted by Crippen LogP contribution is -2.25. The highest BCUT2D eigenvalue weighted by molar-refractivity contribution is 5.98. The highest BCUT2D eigenvalue weighted by Gasteiger charge is 2.41. The van der Waals surface area contributed by atoms with Gasteiger partial charge in [0.15, 0.2) is 17.5 Å². The number of nitrogens with zero attached hydrogens (tertiary/aromatic N) is 4. The first kappa shape index (κ1) is 27.3. The van der Waals surface area contributed by atoms with Crippen LogP contribution in [0.3, 0.4) is 0 Å². The molecule has 0 saturated carbocycles. The molecule has 0 spiro atoms. The van der Waals surface area contributed by atoms with Crippen LogP contribution in [0.5, 0.6) is 0 Å². The largest absolute Gasteiger partial charge is 0.493 e. The number of anilines is 1. The lowest BCUT2D eigenvalue weighted by atomic mass is 10.0. The van der Waals surface area contributed by atoms with Crippen LogP contribution in [-0.2, 0) is 23.1 Å². The highest BCUT2D eigenvalue weighted by atomic mass is 19.4. The van der Waals surface area contributed by atoms with E-state index in [1.54, 1.807) is 11.7 Å². The molecular weight excluding hydrogens is 516 g/mol. The van der Waals surface area contributed by atoms with Gasteiger partial charge in [-0.05, 0) is 35.7 Å². The van der Waals surface area contributed by atoms with Crippen LogP contribution in [-0.4, -0.2) is 32.7 Å². The number of hydrogen-bond donors (Lipinski definition) is 2. The molecule has 0 saturated heterocycles. The van der Waals surface area contributed by atoms with Crippen LogP contribution in [0.25, 0.3) is 11.4 Å². The minimum absolute atomic E-state index is 0.326. The molecule has 8 nitrogen and oxygen atoms in total. The number of carbonyl (C=O) groups is 1. The van der Waals surface area contributed by atoms with Gasteiger partial charge in [0.1, 0.15) is 11.9 Å². The van der Waals surface area contributed by atoms with E-state index in [4.69, 9.17) is 10.7 Å². The SMILES string of the molecule is CCc1cccc(C(Nc2ccc(C(N)=NOC(=O)C(F)(F)F)c(F)c2)c2nc(-c3ccccc3)nn2C)c1. The number of aromatic nitrogens is 3. The first-order valence-corrected chi connectivity index (χ1v) is 11.8. The predicted octanol–water partition coefficient (Wildman–Crippen LogP) is 5.11. The van der Waals surface area contributed by atoms with Gasteiger partial charge in [-0.25, -0.2) is 14.2 Å². The van der Waals surface area contributed by atoms with Gasteiger partial charge in [-0.15, -0.1) is 0 Å². The summed E-state index contributed by atoms with van der Waals surface area (Å²) in [6, 6.07) is 20.5. The number of nitrogens with one attached hydrogen (secondary N) is 1. The number of alkyl halides is 3. The van der Waals surface area contributed by atoms with Crippen molar-refractivity contribution < 1.29 is 27.2 Å². The highest BCUT2D eigenvalue weighted by Crippen LogP contribution is 2.29. The van der Waals surface area contributed by atoms with Gasteiger partial charge in [0.25, 0.3) is 0 Å². The van der Waals surface area contributed by atoms with Crippen molar-refractivity contribution in [2.45, 2.75) is 25.6 Å². The summed E-state index contributed by atoms with van der Waals surface area (Å²) in [7, 11) is 1.76. The normalized spacial score (nSPS) is 12.7. The number of nitrogens with two attached hydrogens (primary N) is 1. The summed E-state index contributed by atoms with van der Waals surface area (Å²) < 4.78 is 53.6. The molecule has 0 aliphatic carbocycles. The number of aryl methyl sites for hydroxylation is 2. The third-order valence-electron chi connectivity index (χ3n) is 5.79. The Bertz CT molecular complexity index is 1500. The maximum Gasteiger partial charge on any atom is 0.493 e. The number of halogens is 4. The second kappa shape index (κ2) is 11.3. The molecule has 0 radical (unpaired) electrons. The van der Waals surface area contributed by atoms with Gasteiger partial charge in [-0.1, -0.05) is 66.7 Å². The number of hydrogen-bond acceptors (Lipinski definition) is 6. The Hall–Kier alpha value is -4.74. The van der Waals surface area contributed by atoms with E-state index in [2.05, 4.69) is 20.4 Å². The topological polar surface area (TPSA) is 107 Å². The average Bonchev–Trinajstić information content (AvgIpc) is 3.31. The summed E-state index contributed by atoms with van der Waals surface area (Å²) in [5, 5.41) is 10.7. The van der Waals surface area contributed by atoms with E-state index in [-0.39, 0.29) is 5.56 Å². The number of carbonyl (C=O) groups excluding carboxylic acids is 1. The van der Waals surface area contributed by atoms with Crippen molar-refractivity contribution in [2.75, 3.05) is 5.32 Å². The van der Waals surface area contributed by atoms with Gasteiger partial charge in [-0.2, -0.15) is 18.3 Å². The molecular formula is C27H24F4N6O2. The Labute approximate surface area is 221 Å². The standard InChI is InChI=1S/C27H24F4N6O2/c1-3-16-8-7-11-18(14-16)22(25-34-24(35-37(25)2)17-9-5-4-6-10-17)33-19-12-13-20(21(28)15-19)23(32)36-39-26(38)27(29,30)31/h4-15,22,33H,3H2,1-2H3,(H2,32,36). The second-order valence-corrected chi connectivity index (χ2v) is 8.51. The molecule has 39 heavy (non-hydrogen) atoms. The number of oxime groups is 1. The van der Waals surface area contributed by atoms with Gasteiger partial charge in [-0.3, -0.25) is 4.68 Å². The molecule has 0 fully saturated rings. The summed E-state index contributed by atoms with van der Waals surface area (Å²) in [6.45, 7) is 2.03. The summed E-state index contributed by atoms with van der Waals surface area (Å²) in [5.41, 5.74) is 8.31. The van der Waals surface area contributed by atoms with Crippen LogP contribution in [0.1, 0.15) is 35.5 Å². The lowest BCUT2D eigenvalue weighted by molar-refractivity contribution is -0.199. The Morgan fingerprint density at radius 1 is 1.10 bits per heavy atom. The minimum atomic E-state index is -5.26. The number of amidine groups is 1. The maximum atomic E-state index is 14.9. The molecule has 4 aromatic rings.